The van der Waals surface area contributed by atoms with Crippen LogP contribution in [0.4, 0.5) is 5.69 Å². The van der Waals surface area contributed by atoms with Crippen molar-refractivity contribution in [3.8, 4) is 0 Å². The molecule has 1 aliphatic carbocycles. The van der Waals surface area contributed by atoms with E-state index in [2.05, 4.69) is 77.8 Å². The number of piperidine rings is 1. The van der Waals surface area contributed by atoms with Gasteiger partial charge in [-0.05, 0) is 59.1 Å². The van der Waals surface area contributed by atoms with Crippen molar-refractivity contribution in [2.75, 3.05) is 18.4 Å². The minimum atomic E-state index is 0.183. The largest absolute Gasteiger partial charge is 0.326 e. The number of hydrogen-bond donors (Lipinski definition) is 1. The van der Waals surface area contributed by atoms with Crippen LogP contribution in [-0.2, 0) is 24.2 Å². The molecule has 1 aliphatic heterocycles. The molecule has 2 atom stereocenters. The fourth-order valence-electron chi connectivity index (χ4n) is 5.03. The Labute approximate surface area is 185 Å². The van der Waals surface area contributed by atoms with Crippen molar-refractivity contribution >= 4 is 11.6 Å². The van der Waals surface area contributed by atoms with Crippen LogP contribution in [0, 0.1) is 17.8 Å². The number of nitrogens with one attached hydrogen (secondary N) is 1. The number of hydrogen-bond acceptors (Lipinski definition) is 2. The summed E-state index contributed by atoms with van der Waals surface area (Å²) in [7, 11) is 0. The lowest BCUT2D eigenvalue weighted by Gasteiger charge is -2.19. The van der Waals surface area contributed by atoms with Gasteiger partial charge in [0.25, 0.3) is 0 Å². The molecule has 1 amide bonds. The second-order valence-corrected chi connectivity index (χ2v) is 9.07. The lowest BCUT2D eigenvalue weighted by atomic mass is 10.0. The summed E-state index contributed by atoms with van der Waals surface area (Å²) in [5.41, 5.74) is 6.22. The average molecular weight is 411 g/mol. The zero-order valence-electron chi connectivity index (χ0n) is 18.1. The molecule has 31 heavy (non-hydrogen) atoms. The molecule has 3 aromatic rings. The Kier molecular flexibility index (Phi) is 5.61. The first kappa shape index (κ1) is 20.0. The molecule has 158 valence electrons. The molecule has 3 nitrogen and oxygen atoms in total. The number of aryl methyl sites for hydroxylation is 1. The lowest BCUT2D eigenvalue weighted by molar-refractivity contribution is -0.118. The van der Waals surface area contributed by atoms with Crippen LogP contribution in [0.1, 0.15) is 29.2 Å². The van der Waals surface area contributed by atoms with E-state index in [1.165, 1.54) is 22.3 Å². The molecule has 2 fully saturated rings. The standard InChI is InChI=1S/C28H30N2O/c1-2-20-8-10-23(11-9-20)17-30-18-25-26(19-30)27(25)28(31)29-24-14-12-22(13-15-24)16-21-6-4-3-5-7-21/h3-15,25-27H,2,16-19H2,1H3,(H,29,31). The maximum Gasteiger partial charge on any atom is 0.228 e. The number of carbonyl (C=O) groups excluding carboxylic acids is 1. The van der Waals surface area contributed by atoms with Gasteiger partial charge in [-0.3, -0.25) is 9.69 Å². The van der Waals surface area contributed by atoms with E-state index in [0.717, 1.165) is 38.2 Å². The first-order valence-electron chi connectivity index (χ1n) is 11.4. The van der Waals surface area contributed by atoms with Crippen LogP contribution in [0.2, 0.25) is 0 Å². The van der Waals surface area contributed by atoms with E-state index in [-0.39, 0.29) is 11.8 Å². The summed E-state index contributed by atoms with van der Waals surface area (Å²) >= 11 is 0. The molecule has 3 heteroatoms. The van der Waals surface area contributed by atoms with E-state index in [4.69, 9.17) is 0 Å². The molecule has 2 aliphatic rings. The van der Waals surface area contributed by atoms with E-state index in [1.807, 2.05) is 18.2 Å². The van der Waals surface area contributed by atoms with Crippen LogP contribution >= 0.6 is 0 Å². The number of amides is 1. The summed E-state index contributed by atoms with van der Waals surface area (Å²) in [5, 5.41) is 3.14. The molecule has 3 aromatic carbocycles. The zero-order valence-corrected chi connectivity index (χ0v) is 18.1. The molecule has 0 bridgehead atoms. The molecular weight excluding hydrogens is 380 g/mol. The maximum absolute atomic E-state index is 12.8. The third-order valence-electron chi connectivity index (χ3n) is 6.88. The van der Waals surface area contributed by atoms with E-state index < -0.39 is 0 Å². The summed E-state index contributed by atoms with van der Waals surface area (Å²) < 4.78 is 0. The van der Waals surface area contributed by atoms with Crippen molar-refractivity contribution in [2.45, 2.75) is 26.3 Å². The summed E-state index contributed by atoms with van der Waals surface area (Å²) in [5.74, 6) is 1.42. The zero-order chi connectivity index (χ0) is 21.2. The van der Waals surface area contributed by atoms with Crippen LogP contribution in [0.5, 0.6) is 0 Å². The molecule has 0 radical (unpaired) electrons. The Morgan fingerprint density at radius 1 is 0.806 bits per heavy atom. The Hall–Kier alpha value is -2.91. The van der Waals surface area contributed by atoms with Gasteiger partial charge >= 0.3 is 0 Å². The van der Waals surface area contributed by atoms with Crippen molar-refractivity contribution in [2.24, 2.45) is 17.8 Å². The van der Waals surface area contributed by atoms with Gasteiger partial charge in [0.15, 0.2) is 0 Å². The summed E-state index contributed by atoms with van der Waals surface area (Å²) in [6.45, 7) is 5.25. The summed E-state index contributed by atoms with van der Waals surface area (Å²) in [6, 6.07) is 27.7. The second kappa shape index (κ2) is 8.68. The fraction of sp³-hybridized carbons (Fsp3) is 0.321. The molecule has 0 aromatic heterocycles. The van der Waals surface area contributed by atoms with Crippen molar-refractivity contribution < 1.29 is 4.79 Å². The molecule has 2 unspecified atom stereocenters. The van der Waals surface area contributed by atoms with Gasteiger partial charge in [0.1, 0.15) is 0 Å². The number of likely N-dealkylation sites (tertiary alicyclic amines) is 1. The van der Waals surface area contributed by atoms with Crippen LogP contribution < -0.4 is 5.32 Å². The van der Waals surface area contributed by atoms with Crippen molar-refractivity contribution in [3.05, 3.63) is 101 Å². The smallest absolute Gasteiger partial charge is 0.228 e. The van der Waals surface area contributed by atoms with Gasteiger partial charge in [0, 0.05) is 31.2 Å². The Balaban J connectivity index is 1.10. The Bertz CT molecular complexity index is 1010. The predicted molar refractivity (Wildman–Crippen MR) is 126 cm³/mol. The molecule has 1 saturated carbocycles. The molecule has 1 N–H and O–H groups in total. The SMILES string of the molecule is CCc1ccc(CN2CC3C(C2)C3C(=O)Nc2ccc(Cc3ccccc3)cc2)cc1. The first-order valence-corrected chi connectivity index (χ1v) is 11.4. The van der Waals surface area contributed by atoms with Crippen LogP contribution in [0.15, 0.2) is 78.9 Å². The van der Waals surface area contributed by atoms with E-state index in [9.17, 15) is 4.79 Å². The second-order valence-electron chi connectivity index (χ2n) is 9.07. The predicted octanol–water partition coefficient (Wildman–Crippen LogP) is 5.16. The Morgan fingerprint density at radius 2 is 1.39 bits per heavy atom. The molecular formula is C28H30N2O. The quantitative estimate of drug-likeness (QED) is 0.584. The van der Waals surface area contributed by atoms with Crippen LogP contribution in [-0.4, -0.2) is 23.9 Å². The highest BCUT2D eigenvalue weighted by atomic mass is 16.2. The van der Waals surface area contributed by atoms with E-state index >= 15 is 0 Å². The van der Waals surface area contributed by atoms with Gasteiger partial charge in [0.05, 0.1) is 0 Å². The van der Waals surface area contributed by atoms with Crippen LogP contribution in [0.25, 0.3) is 0 Å². The number of anilines is 1. The van der Waals surface area contributed by atoms with Gasteiger partial charge in [-0.25, -0.2) is 0 Å². The minimum absolute atomic E-state index is 0.183. The van der Waals surface area contributed by atoms with Crippen molar-refractivity contribution in [1.29, 1.82) is 0 Å². The third kappa shape index (κ3) is 4.57. The average Bonchev–Trinajstić information content (AvgIpc) is 3.32. The number of fused-ring (bicyclic) bond motifs is 1. The highest BCUT2D eigenvalue weighted by molar-refractivity contribution is 5.95. The Morgan fingerprint density at radius 3 is 2.03 bits per heavy atom. The molecule has 5 rings (SSSR count). The van der Waals surface area contributed by atoms with Gasteiger partial charge in [-0.2, -0.15) is 0 Å². The highest BCUT2D eigenvalue weighted by Gasteiger charge is 2.59. The first-order chi connectivity index (χ1) is 15.2. The number of rotatable bonds is 7. The normalized spacial score (nSPS) is 22.2. The maximum atomic E-state index is 12.8. The monoisotopic (exact) mass is 410 g/mol. The van der Waals surface area contributed by atoms with E-state index in [1.54, 1.807) is 0 Å². The van der Waals surface area contributed by atoms with Crippen molar-refractivity contribution in [3.63, 3.8) is 0 Å². The van der Waals surface area contributed by atoms with Gasteiger partial charge in [0.2, 0.25) is 5.91 Å². The molecule has 1 saturated heterocycles. The minimum Gasteiger partial charge on any atom is -0.326 e. The topological polar surface area (TPSA) is 32.3 Å². The lowest BCUT2D eigenvalue weighted by Crippen LogP contribution is -2.27. The fourth-order valence-corrected chi connectivity index (χ4v) is 5.03. The summed E-state index contributed by atoms with van der Waals surface area (Å²) in [4.78, 5) is 15.3. The number of nitrogens with zero attached hydrogens (tertiary/aromatic N) is 1. The molecule has 0 spiro atoms. The van der Waals surface area contributed by atoms with Gasteiger partial charge in [-0.1, -0.05) is 73.7 Å². The summed E-state index contributed by atoms with van der Waals surface area (Å²) in [6.07, 6.45) is 2.00. The van der Waals surface area contributed by atoms with Crippen LogP contribution in [0.3, 0.4) is 0 Å². The van der Waals surface area contributed by atoms with Gasteiger partial charge in [-0.15, -0.1) is 0 Å². The highest BCUT2D eigenvalue weighted by Crippen LogP contribution is 2.52. The van der Waals surface area contributed by atoms with Gasteiger partial charge < -0.3 is 5.32 Å². The van der Waals surface area contributed by atoms with E-state index in [0.29, 0.717) is 11.8 Å². The number of benzene rings is 3. The number of carbonyl (C=O) groups is 1. The van der Waals surface area contributed by atoms with Crippen molar-refractivity contribution in [1.82, 2.24) is 4.90 Å². The third-order valence-corrected chi connectivity index (χ3v) is 6.88. The molecule has 1 heterocycles.